The van der Waals surface area contributed by atoms with Crippen LogP contribution < -0.4 is 5.32 Å². The number of hydrogen-bond donors (Lipinski definition) is 2. The largest absolute Gasteiger partial charge is 0.363 e. The molecule has 0 amide bonds. The van der Waals surface area contributed by atoms with E-state index in [0.717, 1.165) is 30.4 Å². The minimum Gasteiger partial charge on any atom is -0.363 e. The molecule has 0 radical (unpaired) electrons. The normalized spacial score (nSPS) is 12.4. The van der Waals surface area contributed by atoms with Crippen molar-refractivity contribution < 1.29 is 0 Å². The number of nitrogens with zero attached hydrogens (tertiary/aromatic N) is 1. The quantitative estimate of drug-likeness (QED) is 0.833. The maximum Gasteiger partial charge on any atom is 0.0583 e. The highest BCUT2D eigenvalue weighted by Gasteiger charge is 2.08. The Morgan fingerprint density at radius 2 is 2.12 bits per heavy atom. The lowest BCUT2D eigenvalue weighted by Crippen LogP contribution is -2.40. The highest BCUT2D eigenvalue weighted by atomic mass is 35.5. The van der Waals surface area contributed by atoms with E-state index in [0.29, 0.717) is 0 Å². The predicted octanol–water partition coefficient (Wildman–Crippen LogP) is 2.49. The lowest BCUT2D eigenvalue weighted by atomic mass is 10.1. The van der Waals surface area contributed by atoms with Gasteiger partial charge in [-0.1, -0.05) is 11.6 Å². The molecular weight excluding hydrogens is 222 g/mol. The molecule has 0 bridgehead atoms. The third-order valence-corrected chi connectivity index (χ3v) is 2.51. The van der Waals surface area contributed by atoms with Gasteiger partial charge >= 0.3 is 0 Å². The van der Waals surface area contributed by atoms with Crippen LogP contribution in [0, 0.1) is 0 Å². The number of nitrogens with one attached hydrogen (secondary N) is 2. The van der Waals surface area contributed by atoms with Crippen LogP contribution in [0.2, 0.25) is 5.02 Å². The highest BCUT2D eigenvalue weighted by Crippen LogP contribution is 2.10. The Morgan fingerprint density at radius 1 is 1.44 bits per heavy atom. The molecule has 0 aliphatic rings. The number of rotatable bonds is 5. The molecule has 92 valence electrons. The Balaban J connectivity index is 2.23. The monoisotopic (exact) mass is 243 g/mol. The summed E-state index contributed by atoms with van der Waals surface area (Å²) in [6.45, 7) is 9.45. The molecule has 1 aromatic heterocycles. The zero-order chi connectivity index (χ0) is 12.2. The first-order chi connectivity index (χ1) is 7.37. The molecule has 1 rings (SSSR count). The van der Waals surface area contributed by atoms with E-state index in [1.54, 1.807) is 0 Å². The average Bonchev–Trinajstić information content (AvgIpc) is 2.48. The van der Waals surface area contributed by atoms with E-state index < -0.39 is 0 Å². The Bertz CT molecular complexity index is 314. The molecule has 1 aromatic rings. The molecule has 0 aliphatic heterocycles. The van der Waals surface area contributed by atoms with Gasteiger partial charge in [0.1, 0.15) is 0 Å². The van der Waals surface area contributed by atoms with E-state index >= 15 is 0 Å². The molecule has 0 unspecified atom stereocenters. The van der Waals surface area contributed by atoms with Crippen molar-refractivity contribution >= 4 is 11.6 Å². The van der Waals surface area contributed by atoms with Crippen LogP contribution in [0.5, 0.6) is 0 Å². The van der Waals surface area contributed by atoms with Gasteiger partial charge in [-0.05, 0) is 33.9 Å². The van der Waals surface area contributed by atoms with Gasteiger partial charge in [0.25, 0.3) is 0 Å². The van der Waals surface area contributed by atoms with Crippen LogP contribution in [0.3, 0.4) is 0 Å². The van der Waals surface area contributed by atoms with Gasteiger partial charge in [-0.15, -0.1) is 0 Å². The second-order valence-electron chi connectivity index (χ2n) is 5.26. The predicted molar refractivity (Wildman–Crippen MR) is 69.9 cm³/mol. The fourth-order valence-corrected chi connectivity index (χ4v) is 1.68. The van der Waals surface area contributed by atoms with E-state index in [4.69, 9.17) is 11.6 Å². The van der Waals surface area contributed by atoms with Crippen LogP contribution in [0.1, 0.15) is 26.5 Å². The Labute approximate surface area is 103 Å². The molecule has 1 heterocycles. The summed E-state index contributed by atoms with van der Waals surface area (Å²) in [5.74, 6) is 0. The van der Waals surface area contributed by atoms with Crippen molar-refractivity contribution in [2.24, 2.45) is 0 Å². The van der Waals surface area contributed by atoms with Gasteiger partial charge in [-0.2, -0.15) is 0 Å². The van der Waals surface area contributed by atoms with Crippen molar-refractivity contribution in [1.82, 2.24) is 15.2 Å². The number of halogens is 1. The van der Waals surface area contributed by atoms with Crippen LogP contribution in [0.4, 0.5) is 0 Å². The summed E-state index contributed by atoms with van der Waals surface area (Å²) in [4.78, 5) is 5.41. The van der Waals surface area contributed by atoms with Gasteiger partial charge < -0.3 is 10.3 Å². The molecule has 0 aromatic carbocycles. The number of aromatic nitrogens is 1. The van der Waals surface area contributed by atoms with Crippen LogP contribution in [-0.4, -0.2) is 35.6 Å². The first-order valence-electron chi connectivity index (χ1n) is 5.63. The van der Waals surface area contributed by atoms with Crippen molar-refractivity contribution in [2.75, 3.05) is 20.1 Å². The van der Waals surface area contributed by atoms with Crippen molar-refractivity contribution in [3.63, 3.8) is 0 Å². The molecule has 0 fully saturated rings. The molecule has 16 heavy (non-hydrogen) atoms. The molecule has 0 saturated heterocycles. The van der Waals surface area contributed by atoms with Gasteiger partial charge in [-0.25, -0.2) is 0 Å². The smallest absolute Gasteiger partial charge is 0.0583 e. The molecule has 0 saturated carbocycles. The summed E-state index contributed by atoms with van der Waals surface area (Å²) in [6.07, 6.45) is 1.82. The number of aromatic amines is 1. The topological polar surface area (TPSA) is 31.1 Å². The summed E-state index contributed by atoms with van der Waals surface area (Å²) >= 11 is 5.85. The summed E-state index contributed by atoms with van der Waals surface area (Å²) in [5.41, 5.74) is 1.35. The van der Waals surface area contributed by atoms with Crippen LogP contribution in [0.15, 0.2) is 12.3 Å². The summed E-state index contributed by atoms with van der Waals surface area (Å²) < 4.78 is 0. The van der Waals surface area contributed by atoms with Crippen molar-refractivity contribution in [3.8, 4) is 0 Å². The Hall–Kier alpha value is -0.510. The van der Waals surface area contributed by atoms with E-state index in [-0.39, 0.29) is 5.54 Å². The van der Waals surface area contributed by atoms with Crippen molar-refractivity contribution in [1.29, 1.82) is 0 Å². The van der Waals surface area contributed by atoms with Gasteiger partial charge in [-0.3, -0.25) is 4.90 Å². The Morgan fingerprint density at radius 3 is 2.62 bits per heavy atom. The lowest BCUT2D eigenvalue weighted by molar-refractivity contribution is 0.301. The minimum absolute atomic E-state index is 0.191. The second-order valence-corrected chi connectivity index (χ2v) is 5.69. The molecule has 2 N–H and O–H groups in total. The number of H-pyrrole nitrogens is 1. The first kappa shape index (κ1) is 13.6. The lowest BCUT2D eigenvalue weighted by Gasteiger charge is -2.23. The van der Waals surface area contributed by atoms with Gasteiger partial charge in [0.05, 0.1) is 5.02 Å². The van der Waals surface area contributed by atoms with E-state index in [1.165, 1.54) is 0 Å². The molecular formula is C12H22ClN3. The fraction of sp³-hybridized carbons (Fsp3) is 0.667. The molecule has 0 atom stereocenters. The summed E-state index contributed by atoms with van der Waals surface area (Å²) in [6, 6.07) is 1.97. The van der Waals surface area contributed by atoms with Gasteiger partial charge in [0.2, 0.25) is 0 Å². The average molecular weight is 244 g/mol. The second kappa shape index (κ2) is 5.71. The first-order valence-corrected chi connectivity index (χ1v) is 6.01. The van der Waals surface area contributed by atoms with Gasteiger partial charge in [0.15, 0.2) is 0 Å². The third-order valence-electron chi connectivity index (χ3n) is 2.30. The zero-order valence-corrected chi connectivity index (χ0v) is 11.4. The molecule has 0 spiro atoms. The van der Waals surface area contributed by atoms with E-state index in [2.05, 4.69) is 43.0 Å². The maximum atomic E-state index is 5.85. The SMILES string of the molecule is CN(CCNC(C)(C)C)Cc1cc(Cl)c[nH]1. The van der Waals surface area contributed by atoms with E-state index in [9.17, 15) is 0 Å². The highest BCUT2D eigenvalue weighted by molar-refractivity contribution is 6.30. The van der Waals surface area contributed by atoms with Crippen LogP contribution >= 0.6 is 11.6 Å². The molecule has 0 aliphatic carbocycles. The van der Waals surface area contributed by atoms with Gasteiger partial charge in [0, 0.05) is 37.1 Å². The van der Waals surface area contributed by atoms with Crippen LogP contribution in [0.25, 0.3) is 0 Å². The van der Waals surface area contributed by atoms with E-state index in [1.807, 2.05) is 12.3 Å². The van der Waals surface area contributed by atoms with Crippen molar-refractivity contribution in [2.45, 2.75) is 32.9 Å². The number of likely N-dealkylation sites (N-methyl/N-ethyl adjacent to an activating group) is 1. The Kier molecular flexibility index (Phi) is 4.84. The maximum absolute atomic E-state index is 5.85. The zero-order valence-electron chi connectivity index (χ0n) is 10.6. The third kappa shape index (κ3) is 5.54. The molecule has 4 heteroatoms. The summed E-state index contributed by atoms with van der Waals surface area (Å²) in [5, 5.41) is 4.24. The number of hydrogen-bond acceptors (Lipinski definition) is 2. The van der Waals surface area contributed by atoms with Crippen molar-refractivity contribution in [3.05, 3.63) is 23.0 Å². The summed E-state index contributed by atoms with van der Waals surface area (Å²) in [7, 11) is 2.11. The minimum atomic E-state index is 0.191. The fourth-order valence-electron chi connectivity index (χ4n) is 1.49. The van der Waals surface area contributed by atoms with Crippen LogP contribution in [-0.2, 0) is 6.54 Å². The molecule has 3 nitrogen and oxygen atoms in total. The standard InChI is InChI=1S/C12H22ClN3/c1-12(2,3)15-5-6-16(4)9-11-7-10(13)8-14-11/h7-8,14-15H,5-6,9H2,1-4H3.